The van der Waals surface area contributed by atoms with E-state index in [1.54, 1.807) is 0 Å². The first-order valence-corrected chi connectivity index (χ1v) is 8.29. The van der Waals surface area contributed by atoms with Crippen molar-refractivity contribution in [1.29, 1.82) is 0 Å². The summed E-state index contributed by atoms with van der Waals surface area (Å²) in [7, 11) is -3.64. The van der Waals surface area contributed by atoms with E-state index >= 15 is 0 Å². The van der Waals surface area contributed by atoms with Crippen LogP contribution in [0.2, 0.25) is 0 Å². The molecule has 0 radical (unpaired) electrons. The van der Waals surface area contributed by atoms with Crippen molar-refractivity contribution in [1.82, 2.24) is 9.71 Å². The minimum Gasteiger partial charge on any atom is -0.384 e. The third-order valence-corrected chi connectivity index (χ3v) is 5.20. The van der Waals surface area contributed by atoms with Crippen molar-refractivity contribution < 1.29 is 18.3 Å². The van der Waals surface area contributed by atoms with Crippen LogP contribution in [-0.2, 0) is 14.8 Å². The van der Waals surface area contributed by atoms with E-state index < -0.39 is 10.0 Å². The van der Waals surface area contributed by atoms with Gasteiger partial charge >= 0.3 is 0 Å². The van der Waals surface area contributed by atoms with Crippen molar-refractivity contribution in [2.45, 2.75) is 42.4 Å². The average molecular weight is 308 g/mol. The Bertz CT molecular complexity index is 692. The first-order chi connectivity index (χ1) is 10.1. The number of aromatic nitrogens is 1. The zero-order chi connectivity index (χ0) is 14.9. The smallest absolute Gasteiger partial charge is 0.242 e. The highest BCUT2D eigenvalue weighted by Gasteiger charge is 2.42. The molecule has 2 bridgehead atoms. The molecule has 3 atom stereocenters. The second-order valence-corrected chi connectivity index (χ2v) is 6.92. The highest BCUT2D eigenvalue weighted by Crippen LogP contribution is 2.34. The van der Waals surface area contributed by atoms with E-state index in [1.807, 2.05) is 0 Å². The molecule has 3 heterocycles. The second-order valence-electron chi connectivity index (χ2n) is 5.21. The largest absolute Gasteiger partial charge is 0.384 e. The van der Waals surface area contributed by atoms with E-state index in [0.29, 0.717) is 5.56 Å². The Hall–Kier alpha value is -1.46. The lowest BCUT2D eigenvalue weighted by Crippen LogP contribution is -2.41. The van der Waals surface area contributed by atoms with Crippen molar-refractivity contribution in [3.8, 4) is 11.8 Å². The fraction of sp³-hybridized carbons (Fsp3) is 0.500. The summed E-state index contributed by atoms with van der Waals surface area (Å²) in [5.41, 5.74) is 0.455. The Labute approximate surface area is 123 Å². The van der Waals surface area contributed by atoms with Gasteiger partial charge in [-0.3, -0.25) is 4.98 Å². The van der Waals surface area contributed by atoms with Gasteiger partial charge in [-0.05, 0) is 25.3 Å². The van der Waals surface area contributed by atoms with Crippen LogP contribution in [0.4, 0.5) is 0 Å². The summed E-state index contributed by atoms with van der Waals surface area (Å²) in [4.78, 5) is 3.97. The summed E-state index contributed by atoms with van der Waals surface area (Å²) in [5.74, 6) is 5.12. The molecule has 0 spiro atoms. The number of nitrogens with zero attached hydrogens (tertiary/aromatic N) is 1. The Morgan fingerprint density at radius 1 is 1.43 bits per heavy atom. The van der Waals surface area contributed by atoms with Crippen molar-refractivity contribution in [2.24, 2.45) is 0 Å². The monoisotopic (exact) mass is 308 g/mol. The lowest BCUT2D eigenvalue weighted by atomic mass is 9.96. The molecule has 7 heteroatoms. The first-order valence-electron chi connectivity index (χ1n) is 6.81. The van der Waals surface area contributed by atoms with Crippen LogP contribution in [0.3, 0.4) is 0 Å². The van der Waals surface area contributed by atoms with Gasteiger partial charge in [0.15, 0.2) is 0 Å². The van der Waals surface area contributed by atoms with Crippen LogP contribution in [0.15, 0.2) is 23.4 Å². The van der Waals surface area contributed by atoms with Gasteiger partial charge in [0.1, 0.15) is 11.5 Å². The van der Waals surface area contributed by atoms with Gasteiger partial charge < -0.3 is 9.84 Å². The van der Waals surface area contributed by atoms with Crippen molar-refractivity contribution in [2.75, 3.05) is 6.61 Å². The number of aliphatic hydroxyl groups is 1. The molecule has 112 valence electrons. The van der Waals surface area contributed by atoms with Gasteiger partial charge in [0, 0.05) is 18.0 Å². The van der Waals surface area contributed by atoms with Gasteiger partial charge in [0.2, 0.25) is 10.0 Å². The molecule has 2 saturated heterocycles. The summed E-state index contributed by atoms with van der Waals surface area (Å²) in [6.45, 7) is -0.280. The molecule has 6 nitrogen and oxygen atoms in total. The molecule has 2 aliphatic rings. The summed E-state index contributed by atoms with van der Waals surface area (Å²) >= 11 is 0. The molecular weight excluding hydrogens is 292 g/mol. The summed E-state index contributed by atoms with van der Waals surface area (Å²) in [6.07, 6.45) is 5.55. The predicted molar refractivity (Wildman–Crippen MR) is 74.8 cm³/mol. The predicted octanol–water partition coefficient (Wildman–Crippen LogP) is 0.0236. The molecular formula is C14H16N2O4S. The number of nitrogens with one attached hydrogen (secondary N) is 1. The Kier molecular flexibility index (Phi) is 3.95. The van der Waals surface area contributed by atoms with E-state index in [0.717, 1.165) is 19.3 Å². The fourth-order valence-corrected chi connectivity index (χ4v) is 4.07. The van der Waals surface area contributed by atoms with Gasteiger partial charge in [-0.25, -0.2) is 13.1 Å². The quantitative estimate of drug-likeness (QED) is 0.769. The SMILES string of the molecule is O=S(=O)(NC1CC2CCC1O2)c1cncc(C#CCO)c1. The molecule has 1 aromatic heterocycles. The third-order valence-electron chi connectivity index (χ3n) is 3.75. The van der Waals surface area contributed by atoms with Crippen molar-refractivity contribution in [3.63, 3.8) is 0 Å². The molecule has 0 saturated carbocycles. The van der Waals surface area contributed by atoms with Crippen LogP contribution in [0.25, 0.3) is 0 Å². The van der Waals surface area contributed by atoms with Gasteiger partial charge in [-0.1, -0.05) is 11.8 Å². The summed E-state index contributed by atoms with van der Waals surface area (Å²) in [5, 5.41) is 8.67. The topological polar surface area (TPSA) is 88.5 Å². The Morgan fingerprint density at radius 3 is 2.95 bits per heavy atom. The molecule has 21 heavy (non-hydrogen) atoms. The molecule has 2 aliphatic heterocycles. The van der Waals surface area contributed by atoms with Crippen LogP contribution >= 0.6 is 0 Å². The summed E-state index contributed by atoms with van der Waals surface area (Å²) < 4.78 is 33.1. The number of pyridine rings is 1. The maximum atomic E-state index is 12.4. The summed E-state index contributed by atoms with van der Waals surface area (Å²) in [6, 6.07) is 1.28. The van der Waals surface area contributed by atoms with Gasteiger partial charge in [-0.2, -0.15) is 0 Å². The first kappa shape index (κ1) is 14.5. The number of fused-ring (bicyclic) bond motifs is 2. The number of ether oxygens (including phenoxy) is 1. The average Bonchev–Trinajstić information content (AvgIpc) is 3.07. The standard InChI is InChI=1S/C14H16N2O4S/c17-5-1-2-10-6-12(9-15-8-10)21(18,19)16-13-7-11-3-4-14(13)20-11/h6,8-9,11,13-14,16-17H,3-5,7H2. The Morgan fingerprint density at radius 2 is 2.29 bits per heavy atom. The molecule has 3 unspecified atom stereocenters. The van der Waals surface area contributed by atoms with Crippen LogP contribution in [-0.4, -0.2) is 43.4 Å². The Balaban J connectivity index is 1.78. The third kappa shape index (κ3) is 3.09. The van der Waals surface area contributed by atoms with E-state index in [9.17, 15) is 8.42 Å². The van der Waals surface area contributed by atoms with Crippen molar-refractivity contribution in [3.05, 3.63) is 24.0 Å². The number of hydrogen-bond donors (Lipinski definition) is 2. The molecule has 0 amide bonds. The second kappa shape index (κ2) is 5.73. The lowest BCUT2D eigenvalue weighted by Gasteiger charge is -2.19. The van der Waals surface area contributed by atoms with Crippen LogP contribution in [0, 0.1) is 11.8 Å². The molecule has 2 N–H and O–H groups in total. The minimum atomic E-state index is -3.64. The van der Waals surface area contributed by atoms with Gasteiger partial charge in [0.05, 0.1) is 18.2 Å². The van der Waals surface area contributed by atoms with E-state index in [-0.39, 0.29) is 29.8 Å². The maximum Gasteiger partial charge on any atom is 0.242 e. The van der Waals surface area contributed by atoms with Gasteiger partial charge in [0.25, 0.3) is 0 Å². The maximum absolute atomic E-state index is 12.4. The van der Waals surface area contributed by atoms with Crippen LogP contribution in [0.1, 0.15) is 24.8 Å². The zero-order valence-electron chi connectivity index (χ0n) is 11.3. The molecule has 0 aliphatic carbocycles. The van der Waals surface area contributed by atoms with Gasteiger partial charge in [-0.15, -0.1) is 0 Å². The molecule has 1 aromatic rings. The van der Waals surface area contributed by atoms with Crippen molar-refractivity contribution >= 4 is 10.0 Å². The normalized spacial score (nSPS) is 27.4. The van der Waals surface area contributed by atoms with Crippen LogP contribution in [0.5, 0.6) is 0 Å². The highest BCUT2D eigenvalue weighted by molar-refractivity contribution is 7.89. The lowest BCUT2D eigenvalue weighted by molar-refractivity contribution is 0.0996. The fourth-order valence-electron chi connectivity index (χ4n) is 2.80. The number of aliphatic hydroxyl groups excluding tert-OH is 1. The number of sulfonamides is 1. The van der Waals surface area contributed by atoms with E-state index in [1.165, 1.54) is 18.5 Å². The number of rotatable bonds is 3. The van der Waals surface area contributed by atoms with E-state index in [2.05, 4.69) is 21.5 Å². The number of hydrogen-bond acceptors (Lipinski definition) is 5. The molecule has 3 rings (SSSR count). The van der Waals surface area contributed by atoms with E-state index in [4.69, 9.17) is 9.84 Å². The molecule has 2 fully saturated rings. The molecule has 0 aromatic carbocycles. The zero-order valence-corrected chi connectivity index (χ0v) is 12.1. The minimum absolute atomic E-state index is 0.0184. The highest BCUT2D eigenvalue weighted by atomic mass is 32.2. The van der Waals surface area contributed by atoms with Crippen LogP contribution < -0.4 is 4.72 Å².